The van der Waals surface area contributed by atoms with E-state index in [4.69, 9.17) is 23.2 Å². The van der Waals surface area contributed by atoms with Crippen LogP contribution in [0.2, 0.25) is 10.0 Å². The van der Waals surface area contributed by atoms with Crippen LogP contribution in [0.3, 0.4) is 0 Å². The normalized spacial score (nSPS) is 15.0. The number of halogens is 2. The second kappa shape index (κ2) is 8.69. The molecule has 0 aliphatic carbocycles. The second-order valence-electron chi connectivity index (χ2n) is 3.86. The monoisotopic (exact) mass is 373 g/mol. The molecule has 0 saturated carbocycles. The Morgan fingerprint density at radius 1 is 1.41 bits per heavy atom. The maximum Gasteiger partial charge on any atom is 0.408 e. The van der Waals surface area contributed by atoms with Crippen LogP contribution in [0, 0.1) is 0 Å². The molecule has 3 N–H and O–H groups in total. The summed E-state index contributed by atoms with van der Waals surface area (Å²) in [6.45, 7) is 1.26. The van der Waals surface area contributed by atoms with E-state index in [0.29, 0.717) is 0 Å². The van der Waals surface area contributed by atoms with Crippen LogP contribution in [0.4, 0.5) is 0 Å². The fraction of sp³-hybridized carbons (Fsp3) is 0.364. The number of carbonyl (C=O) groups excluding carboxylic acids is 1. The number of ether oxygens (including phenoxy) is 1. The van der Waals surface area contributed by atoms with Gasteiger partial charge in [0.05, 0.1) is 23.2 Å². The standard InChI is InChI=1S/C11H14Cl2NO7P/c1-2-19-10(15)6-14-11(16)22(17,18)21-20-7-3-4-8(12)9(13)5-7/h3-5,11,14,16H,2,6H2,1H3,(H,17,18). The second-order valence-corrected chi connectivity index (χ2v) is 6.44. The zero-order valence-electron chi connectivity index (χ0n) is 11.4. The van der Waals surface area contributed by atoms with Gasteiger partial charge in [-0.15, -0.1) is 0 Å². The van der Waals surface area contributed by atoms with Gasteiger partial charge in [0.1, 0.15) is 0 Å². The Morgan fingerprint density at radius 2 is 2.09 bits per heavy atom. The van der Waals surface area contributed by atoms with Crippen molar-refractivity contribution >= 4 is 36.8 Å². The summed E-state index contributed by atoms with van der Waals surface area (Å²) < 4.78 is 20.6. The van der Waals surface area contributed by atoms with Crippen molar-refractivity contribution in [1.29, 1.82) is 0 Å². The van der Waals surface area contributed by atoms with Crippen LogP contribution in [-0.4, -0.2) is 35.1 Å². The van der Waals surface area contributed by atoms with Gasteiger partial charge in [-0.25, -0.2) is 0 Å². The number of hydrogen-bond acceptors (Lipinski definition) is 7. The molecule has 22 heavy (non-hydrogen) atoms. The Hall–Kier alpha value is -0.860. The van der Waals surface area contributed by atoms with Crippen LogP contribution in [0.5, 0.6) is 5.75 Å². The van der Waals surface area contributed by atoms with Crippen molar-refractivity contribution in [2.45, 2.75) is 12.9 Å². The Morgan fingerprint density at radius 3 is 2.68 bits per heavy atom. The minimum atomic E-state index is -4.61. The number of carbonyl (C=O) groups is 1. The molecule has 0 heterocycles. The first-order chi connectivity index (χ1) is 10.3. The molecule has 124 valence electrons. The lowest BCUT2D eigenvalue weighted by atomic mass is 10.3. The number of hydrogen-bond donors (Lipinski definition) is 3. The number of benzene rings is 1. The minimum Gasteiger partial charge on any atom is -0.465 e. The van der Waals surface area contributed by atoms with Crippen LogP contribution >= 0.6 is 30.8 Å². The number of rotatable bonds is 8. The van der Waals surface area contributed by atoms with Gasteiger partial charge < -0.3 is 19.6 Å². The smallest absolute Gasteiger partial charge is 0.408 e. The molecular formula is C11H14Cl2NO7P. The van der Waals surface area contributed by atoms with Crippen LogP contribution in [0.1, 0.15) is 6.92 Å². The van der Waals surface area contributed by atoms with Gasteiger partial charge >= 0.3 is 13.6 Å². The van der Waals surface area contributed by atoms with E-state index < -0.39 is 26.1 Å². The molecule has 0 aromatic heterocycles. The van der Waals surface area contributed by atoms with Crippen LogP contribution in [0.25, 0.3) is 0 Å². The Labute approximate surface area is 136 Å². The molecule has 0 fully saturated rings. The van der Waals surface area contributed by atoms with Crippen molar-refractivity contribution in [1.82, 2.24) is 5.32 Å². The molecule has 0 amide bonds. The van der Waals surface area contributed by atoms with E-state index in [1.807, 2.05) is 0 Å². The highest BCUT2D eigenvalue weighted by atomic mass is 35.5. The summed E-state index contributed by atoms with van der Waals surface area (Å²) in [7, 11) is -4.61. The number of nitrogens with one attached hydrogen (secondary N) is 1. The quantitative estimate of drug-likeness (QED) is 0.208. The first kappa shape index (κ1) is 19.2. The average Bonchev–Trinajstić information content (AvgIpc) is 2.46. The molecule has 1 aromatic carbocycles. The third-order valence-corrected chi connectivity index (χ3v) is 4.00. The predicted octanol–water partition coefficient (Wildman–Crippen LogP) is 1.92. The lowest BCUT2D eigenvalue weighted by Crippen LogP contribution is -2.34. The molecule has 2 unspecified atom stereocenters. The highest BCUT2D eigenvalue weighted by Gasteiger charge is 2.33. The number of aliphatic hydroxyl groups is 1. The van der Waals surface area contributed by atoms with Crippen molar-refractivity contribution in [3.05, 3.63) is 28.2 Å². The van der Waals surface area contributed by atoms with E-state index >= 15 is 0 Å². The van der Waals surface area contributed by atoms with Crippen molar-refractivity contribution in [2.75, 3.05) is 13.2 Å². The summed E-state index contributed by atoms with van der Waals surface area (Å²) >= 11 is 11.4. The molecule has 0 aliphatic heterocycles. The van der Waals surface area contributed by atoms with E-state index in [-0.39, 0.29) is 22.4 Å². The SMILES string of the molecule is CCOC(=O)CNC(O)P(=O)(O)OOc1ccc(Cl)c(Cl)c1. The maximum atomic E-state index is 11.7. The lowest BCUT2D eigenvalue weighted by Gasteiger charge is -2.17. The van der Waals surface area contributed by atoms with Gasteiger partial charge in [-0.3, -0.25) is 14.7 Å². The van der Waals surface area contributed by atoms with Crippen molar-refractivity contribution in [3.8, 4) is 5.75 Å². The highest BCUT2D eigenvalue weighted by molar-refractivity contribution is 7.53. The molecule has 1 aromatic rings. The van der Waals surface area contributed by atoms with Crippen LogP contribution in [-0.2, 0) is 18.8 Å². The third kappa shape index (κ3) is 6.10. The van der Waals surface area contributed by atoms with E-state index in [1.54, 1.807) is 6.92 Å². The highest BCUT2D eigenvalue weighted by Crippen LogP contribution is 2.45. The molecular weight excluding hydrogens is 360 g/mol. The molecule has 0 saturated heterocycles. The lowest BCUT2D eigenvalue weighted by molar-refractivity contribution is -0.142. The minimum absolute atomic E-state index is 0.00117. The van der Waals surface area contributed by atoms with Crippen molar-refractivity contribution in [2.24, 2.45) is 0 Å². The summed E-state index contributed by atoms with van der Waals surface area (Å²) in [5.74, 6) is -2.74. The molecule has 1 rings (SSSR count). The topological polar surface area (TPSA) is 114 Å². The van der Waals surface area contributed by atoms with Gasteiger partial charge in [-0.1, -0.05) is 27.9 Å². The predicted molar refractivity (Wildman–Crippen MR) is 78.6 cm³/mol. The van der Waals surface area contributed by atoms with E-state index in [9.17, 15) is 19.4 Å². The van der Waals surface area contributed by atoms with E-state index in [1.165, 1.54) is 18.2 Å². The van der Waals surface area contributed by atoms with Crippen LogP contribution < -0.4 is 10.2 Å². The van der Waals surface area contributed by atoms with Gasteiger partial charge in [-0.05, 0) is 19.1 Å². The fourth-order valence-electron chi connectivity index (χ4n) is 1.17. The Balaban J connectivity index is 2.53. The summed E-state index contributed by atoms with van der Waals surface area (Å²) in [5, 5.41) is 12.0. The van der Waals surface area contributed by atoms with Crippen molar-refractivity contribution < 1.29 is 33.7 Å². The summed E-state index contributed by atoms with van der Waals surface area (Å²) in [6, 6.07) is 3.98. The largest absolute Gasteiger partial charge is 0.465 e. The fourth-order valence-corrected chi connectivity index (χ4v) is 2.05. The van der Waals surface area contributed by atoms with E-state index in [2.05, 4.69) is 19.6 Å². The van der Waals surface area contributed by atoms with Gasteiger partial charge in [0, 0.05) is 6.07 Å². The summed E-state index contributed by atoms with van der Waals surface area (Å²) in [5.41, 5.74) is 0. The molecule has 0 radical (unpaired) electrons. The average molecular weight is 374 g/mol. The molecule has 11 heteroatoms. The number of esters is 1. The van der Waals surface area contributed by atoms with Gasteiger partial charge in [0.25, 0.3) is 0 Å². The molecule has 0 aliphatic rings. The molecule has 8 nitrogen and oxygen atoms in total. The van der Waals surface area contributed by atoms with Gasteiger partial charge in [0.15, 0.2) is 5.75 Å². The molecule has 0 bridgehead atoms. The summed E-state index contributed by atoms with van der Waals surface area (Å²) in [4.78, 5) is 25.2. The van der Waals surface area contributed by atoms with Crippen LogP contribution in [0.15, 0.2) is 18.2 Å². The molecule has 0 spiro atoms. The van der Waals surface area contributed by atoms with Gasteiger partial charge in [0.2, 0.25) is 5.97 Å². The van der Waals surface area contributed by atoms with Gasteiger partial charge in [-0.2, -0.15) is 0 Å². The Kier molecular flexibility index (Phi) is 7.58. The van der Waals surface area contributed by atoms with E-state index in [0.717, 1.165) is 0 Å². The van der Waals surface area contributed by atoms with Crippen molar-refractivity contribution in [3.63, 3.8) is 0 Å². The first-order valence-electron chi connectivity index (χ1n) is 5.97. The summed E-state index contributed by atoms with van der Waals surface area (Å²) in [6.07, 6.45) is 0. The third-order valence-electron chi connectivity index (χ3n) is 2.17. The Bertz CT molecular complexity index is 571. The zero-order valence-corrected chi connectivity index (χ0v) is 13.8. The zero-order chi connectivity index (χ0) is 16.8. The first-order valence-corrected chi connectivity index (χ1v) is 8.37. The number of aliphatic hydroxyl groups excluding tert-OH is 1. The molecule has 2 atom stereocenters. The maximum absolute atomic E-state index is 11.7.